The zero-order valence-electron chi connectivity index (χ0n) is 64.5. The molecule has 6 rings (SSSR count). The Morgan fingerprint density at radius 1 is 0.560 bits per heavy atom. The van der Waals surface area contributed by atoms with E-state index >= 15 is 0 Å². The molecule has 4 N–H and O–H groups in total. The Labute approximate surface area is 596 Å². The molecule has 0 aromatic heterocycles. The molecule has 0 radical (unpaired) electrons. The van der Waals surface area contributed by atoms with E-state index in [0.717, 1.165) is 6.92 Å². The number of hydrogen-bond acceptors (Lipinski definition) is 29. The van der Waals surface area contributed by atoms with Gasteiger partial charge in [0.05, 0.1) is 148 Å². The van der Waals surface area contributed by atoms with E-state index in [-0.39, 0.29) is 129 Å². The lowest BCUT2D eigenvalue weighted by Gasteiger charge is -2.41. The van der Waals surface area contributed by atoms with Gasteiger partial charge in [0, 0.05) is 34.0 Å². The van der Waals surface area contributed by atoms with Gasteiger partial charge < -0.3 is 100 Å². The van der Waals surface area contributed by atoms with Crippen LogP contribution in [0.4, 0.5) is 0 Å². The minimum Gasteiger partial charge on any atom is -0.481 e. The monoisotopic (exact) mass is 1480 g/mol. The molecule has 0 amide bonds. The van der Waals surface area contributed by atoms with Crippen molar-refractivity contribution < 1.29 is 145 Å². The highest BCUT2D eigenvalue weighted by Gasteiger charge is 2.44. The summed E-state index contributed by atoms with van der Waals surface area (Å²) < 4.78 is 90.9. The van der Waals surface area contributed by atoms with Gasteiger partial charge in [-0.15, -0.1) is 0 Å². The van der Waals surface area contributed by atoms with Crippen molar-refractivity contribution in [2.24, 2.45) is 0 Å². The zero-order valence-corrected chi connectivity index (χ0v) is 66.5. The number of methoxy groups -OCH3 is 1. The molecule has 0 bridgehead atoms. The molecule has 0 aliphatic carbocycles. The highest BCUT2D eigenvalue weighted by atomic mass is 28.4. The van der Waals surface area contributed by atoms with Crippen LogP contribution in [0.25, 0.3) is 0 Å². The van der Waals surface area contributed by atoms with E-state index in [1.54, 1.807) is 41.5 Å². The summed E-state index contributed by atoms with van der Waals surface area (Å²) in [4.78, 5) is 90.4. The Bertz CT molecular complexity index is 2480. The maximum absolute atomic E-state index is 11.9. The van der Waals surface area contributed by atoms with Gasteiger partial charge in [0.25, 0.3) is 0 Å². The topological polar surface area (TPSA) is 384 Å². The van der Waals surface area contributed by atoms with Gasteiger partial charge in [-0.05, 0) is 126 Å². The third-order valence-corrected chi connectivity index (χ3v) is 25.1. The fourth-order valence-electron chi connectivity index (χ4n) is 9.42. The summed E-state index contributed by atoms with van der Waals surface area (Å²) in [6.45, 7) is 49.5. The van der Waals surface area contributed by atoms with Crippen molar-refractivity contribution in [2.45, 2.75) is 323 Å². The molecular weight excluding hydrogens is 1350 g/mol. The van der Waals surface area contributed by atoms with Crippen molar-refractivity contribution in [3.8, 4) is 0 Å². The third kappa shape index (κ3) is 42.5. The molecule has 32 heteroatoms. The van der Waals surface area contributed by atoms with Crippen LogP contribution in [0, 0.1) is 0 Å². The molecule has 1 unspecified atom stereocenters. The second kappa shape index (κ2) is 43.9. The maximum atomic E-state index is 11.9. The number of carboxylic acid groups (broad SMARTS) is 1. The molecule has 0 aromatic carbocycles. The number of aliphatic hydroxyl groups is 2. The molecule has 0 saturated carbocycles. The van der Waals surface area contributed by atoms with Gasteiger partial charge in [-0.25, -0.2) is 4.79 Å². The number of esters is 5. The first-order chi connectivity index (χ1) is 45.7. The Kier molecular flexibility index (Phi) is 42.1. The normalized spacial score (nSPS) is 24.3. The lowest BCUT2D eigenvalue weighted by molar-refractivity contribution is -0.231. The standard InChI is InChI=1S/C17H34O5Si.C12H24O4Si.C11H20O5.C11H18O5.C8H14O4.C7H12O4.C2H4O3.H2/c1-9-19-15(18)11-13(22-23(7,8)16(2,3)4)10-14-12-20-17(5,6)21-14;1-12(2,3)17(4,5)16-9-6-10(8-13)15-11(14)7-9;2*1-4-14-10(13)6-8(12)5-9-7-15-11(2,3)16-9;1-8(2)11-5-6(12-8)4-7(9)10-3;1-7(2)10-4-5(11-7)3-6(8)9;1-2(3)5-4;/h13-14H,9-12H2,1-8H3;9-10,13H,6-8H2,1-5H3;8-9,12H,4-7H2,1-3H3;9H,4-7H2,1-3H3;6H,4-5H2,1-3H3;5H,3-4H2,1-2H3,(H,8,9);4H,1H3;1H/t13-,14+;9-,10?;8-,9+;9-;6-;5-;;/m111000../s1. The first-order valence-electron chi connectivity index (χ1n) is 34.2. The van der Waals surface area contributed by atoms with Crippen molar-refractivity contribution in [3.63, 3.8) is 0 Å². The summed E-state index contributed by atoms with van der Waals surface area (Å²) in [5.41, 5.74) is 0. The Balaban J connectivity index is 0. The fourth-order valence-corrected chi connectivity index (χ4v) is 12.1. The van der Waals surface area contributed by atoms with Crippen molar-refractivity contribution in [3.05, 3.63) is 0 Å². The van der Waals surface area contributed by atoms with Crippen molar-refractivity contribution in [1.29, 1.82) is 0 Å². The fraction of sp³-hybridized carbons (Fsp3) is 0.882. The summed E-state index contributed by atoms with van der Waals surface area (Å²) in [6, 6.07) is 0. The van der Waals surface area contributed by atoms with Crippen molar-refractivity contribution >= 4 is 64.2 Å². The number of carboxylic acids is 1. The van der Waals surface area contributed by atoms with E-state index in [0.29, 0.717) is 78.5 Å². The second-order valence-electron chi connectivity index (χ2n) is 29.8. The van der Waals surface area contributed by atoms with Crippen LogP contribution in [0.2, 0.25) is 36.3 Å². The molecule has 6 aliphatic heterocycles. The van der Waals surface area contributed by atoms with E-state index in [1.807, 2.05) is 48.5 Å². The largest absolute Gasteiger partial charge is 0.481 e. The molecule has 0 spiro atoms. The van der Waals surface area contributed by atoms with Crippen molar-refractivity contribution in [2.75, 3.05) is 66.6 Å². The number of Topliss-reactive ketones (excluding diaryl/α,β-unsaturated/α-hetero) is 1. The lowest BCUT2D eigenvalue weighted by Crippen LogP contribution is -2.47. The number of rotatable bonds is 24. The van der Waals surface area contributed by atoms with E-state index in [1.165, 1.54) is 7.11 Å². The third-order valence-electron chi connectivity index (χ3n) is 16.0. The van der Waals surface area contributed by atoms with Gasteiger partial charge in [-0.2, -0.15) is 5.26 Å². The molecule has 588 valence electrons. The minimum atomic E-state index is -1.97. The Morgan fingerprint density at radius 3 is 1.28 bits per heavy atom. The highest BCUT2D eigenvalue weighted by molar-refractivity contribution is 6.74. The molecule has 100 heavy (non-hydrogen) atoms. The molecule has 6 heterocycles. The first kappa shape index (κ1) is 95.8. The van der Waals surface area contributed by atoms with Crippen LogP contribution in [-0.4, -0.2) is 235 Å². The van der Waals surface area contributed by atoms with Crippen LogP contribution >= 0.6 is 0 Å². The summed E-state index contributed by atoms with van der Waals surface area (Å²) in [7, 11) is -2.46. The number of carbonyl (C=O) groups is 8. The van der Waals surface area contributed by atoms with E-state index in [2.05, 4.69) is 82.1 Å². The average Bonchev–Trinajstić information content (AvgIpc) is 1.81. The molecule has 6 fully saturated rings. The van der Waals surface area contributed by atoms with Gasteiger partial charge in [-0.1, -0.05) is 41.5 Å². The summed E-state index contributed by atoms with van der Waals surface area (Å²) >= 11 is 0. The van der Waals surface area contributed by atoms with E-state index in [4.69, 9.17) is 85.9 Å². The summed E-state index contributed by atoms with van der Waals surface area (Å²) in [5.74, 6) is -6.27. The Hall–Kier alpha value is -4.21. The van der Waals surface area contributed by atoms with Crippen LogP contribution in [-0.2, 0) is 123 Å². The smallest absolute Gasteiger partial charge is 0.339 e. The Morgan fingerprint density at radius 2 is 0.930 bits per heavy atom. The number of cyclic esters (lactones) is 1. The zero-order chi connectivity index (χ0) is 77.5. The second-order valence-corrected chi connectivity index (χ2v) is 39.3. The van der Waals surface area contributed by atoms with Gasteiger partial charge in [0.1, 0.15) is 18.3 Å². The van der Waals surface area contributed by atoms with Gasteiger partial charge in [0.2, 0.25) is 0 Å². The number of ketones is 1. The number of aliphatic carboxylic acids is 1. The van der Waals surface area contributed by atoms with Crippen LogP contribution in [0.1, 0.15) is 204 Å². The first-order valence-corrected chi connectivity index (χ1v) is 40.0. The summed E-state index contributed by atoms with van der Waals surface area (Å²) in [6.07, 6.45) is 0.184. The van der Waals surface area contributed by atoms with E-state index in [9.17, 15) is 43.5 Å². The van der Waals surface area contributed by atoms with Gasteiger partial charge >= 0.3 is 41.8 Å². The van der Waals surface area contributed by atoms with Gasteiger partial charge in [-0.3, -0.25) is 33.6 Å². The maximum Gasteiger partial charge on any atom is 0.339 e. The minimum absolute atomic E-state index is 0. The highest BCUT2D eigenvalue weighted by Crippen LogP contribution is 2.40. The quantitative estimate of drug-likeness (QED) is 0.0174. The molecular formula is C68H128O30Si2. The molecule has 0 aromatic rings. The number of aliphatic hydroxyl groups excluding tert-OH is 2. The van der Waals surface area contributed by atoms with Crippen molar-refractivity contribution in [1.82, 2.24) is 0 Å². The van der Waals surface area contributed by atoms with Gasteiger partial charge in [0.15, 0.2) is 45.6 Å². The van der Waals surface area contributed by atoms with Crippen LogP contribution in [0.5, 0.6) is 0 Å². The number of ether oxygens (including phenoxy) is 15. The van der Waals surface area contributed by atoms with E-state index < -0.39 is 75.7 Å². The predicted molar refractivity (Wildman–Crippen MR) is 369 cm³/mol. The van der Waals surface area contributed by atoms with Crippen LogP contribution < -0.4 is 0 Å². The van der Waals surface area contributed by atoms with Crippen LogP contribution in [0.15, 0.2) is 0 Å². The predicted octanol–water partition coefficient (Wildman–Crippen LogP) is 9.42. The summed E-state index contributed by atoms with van der Waals surface area (Å²) in [5, 5.41) is 34.6. The lowest BCUT2D eigenvalue weighted by atomic mass is 10.1. The molecule has 6 aliphatic rings. The SMILES string of the molecule is CC(=O)OO.CC(C)(C)[Si](C)(C)O[C@H]1CC(=O)OC(CO)C1.CC1(C)OC[C@H](CC(=O)O)O1.CCOC(=O)CC(=O)C[C@H]1COC(C)(C)O1.CCOC(=O)C[C@@H](C[C@H]1COC(C)(C)O1)O[Si](C)(C)C(C)(C)C.CCOC(=O)C[C@H](O)C[C@H]1COC(C)(C)O1.COC(=O)C[C@H]1COC(C)(C)O1.[HH]. The average molecular weight is 1480 g/mol. The number of hydrogen-bond donors (Lipinski definition) is 4. The van der Waals surface area contributed by atoms with Crippen LogP contribution in [0.3, 0.4) is 0 Å². The number of carbonyl (C=O) groups excluding carboxylic acids is 7. The molecule has 9 atom stereocenters. The molecule has 30 nitrogen and oxygen atoms in total. The molecule has 6 saturated heterocycles.